The Morgan fingerprint density at radius 1 is 1.33 bits per heavy atom. The van der Waals surface area contributed by atoms with Crippen LogP contribution in [0, 0.1) is 12.3 Å². The van der Waals surface area contributed by atoms with Crippen LogP contribution in [0.1, 0.15) is 35.2 Å². The summed E-state index contributed by atoms with van der Waals surface area (Å²) < 4.78 is 0. The molecule has 21 heavy (non-hydrogen) atoms. The van der Waals surface area contributed by atoms with Gasteiger partial charge in [-0.3, -0.25) is 14.6 Å². The van der Waals surface area contributed by atoms with Gasteiger partial charge in [-0.15, -0.1) is 0 Å². The third-order valence-electron chi connectivity index (χ3n) is 4.91. The van der Waals surface area contributed by atoms with E-state index in [1.54, 1.807) is 12.4 Å². The third kappa shape index (κ3) is 2.52. The van der Waals surface area contributed by atoms with E-state index in [2.05, 4.69) is 4.98 Å². The van der Waals surface area contributed by atoms with Crippen molar-refractivity contribution in [1.82, 2.24) is 14.8 Å². The Kier molecular flexibility index (Phi) is 3.43. The van der Waals surface area contributed by atoms with E-state index in [9.17, 15) is 9.59 Å². The van der Waals surface area contributed by atoms with Gasteiger partial charge >= 0.3 is 0 Å². The summed E-state index contributed by atoms with van der Waals surface area (Å²) in [6, 6.07) is 1.86. The number of rotatable bonds is 1. The van der Waals surface area contributed by atoms with Crippen molar-refractivity contribution >= 4 is 11.8 Å². The van der Waals surface area contributed by atoms with Gasteiger partial charge in [0.2, 0.25) is 5.91 Å². The summed E-state index contributed by atoms with van der Waals surface area (Å²) in [4.78, 5) is 32.1. The number of likely N-dealkylation sites (tertiary alicyclic amines) is 2. The summed E-state index contributed by atoms with van der Waals surface area (Å²) in [5.74, 6) is 0.297. The average Bonchev–Trinajstić information content (AvgIpc) is 2.74. The minimum Gasteiger partial charge on any atom is -0.345 e. The predicted molar refractivity (Wildman–Crippen MR) is 78.8 cm³/mol. The monoisotopic (exact) mass is 287 g/mol. The van der Waals surface area contributed by atoms with Gasteiger partial charge < -0.3 is 9.80 Å². The van der Waals surface area contributed by atoms with Crippen LogP contribution in [0.15, 0.2) is 18.5 Å². The molecular weight excluding hydrogens is 266 g/mol. The van der Waals surface area contributed by atoms with E-state index in [0.717, 1.165) is 38.0 Å². The number of carbonyl (C=O) groups excluding carboxylic acids is 2. The van der Waals surface area contributed by atoms with E-state index in [-0.39, 0.29) is 17.2 Å². The summed E-state index contributed by atoms with van der Waals surface area (Å²) in [5, 5.41) is 0. The van der Waals surface area contributed by atoms with Crippen LogP contribution < -0.4 is 0 Å². The zero-order chi connectivity index (χ0) is 15.0. The Balaban J connectivity index is 1.68. The Labute approximate surface area is 124 Å². The second-order valence-corrected chi connectivity index (χ2v) is 6.41. The molecule has 0 radical (unpaired) electrons. The highest BCUT2D eigenvalue weighted by molar-refractivity contribution is 5.95. The van der Waals surface area contributed by atoms with Crippen LogP contribution in [0.3, 0.4) is 0 Å². The molecule has 112 valence electrons. The minimum absolute atomic E-state index is 0.0631. The molecule has 0 aliphatic carbocycles. The van der Waals surface area contributed by atoms with E-state index in [1.807, 2.05) is 29.8 Å². The second kappa shape index (κ2) is 5.13. The van der Waals surface area contributed by atoms with Gasteiger partial charge in [0.15, 0.2) is 0 Å². The maximum Gasteiger partial charge on any atom is 0.255 e. The third-order valence-corrected chi connectivity index (χ3v) is 4.91. The molecule has 2 aliphatic heterocycles. The number of pyridine rings is 1. The number of aromatic nitrogens is 1. The smallest absolute Gasteiger partial charge is 0.255 e. The number of amides is 2. The van der Waals surface area contributed by atoms with E-state index in [1.165, 1.54) is 0 Å². The van der Waals surface area contributed by atoms with E-state index >= 15 is 0 Å². The van der Waals surface area contributed by atoms with Crippen molar-refractivity contribution in [2.24, 2.45) is 5.41 Å². The van der Waals surface area contributed by atoms with E-state index < -0.39 is 0 Å². The van der Waals surface area contributed by atoms with Crippen molar-refractivity contribution in [3.05, 3.63) is 29.6 Å². The van der Waals surface area contributed by atoms with Gasteiger partial charge in [-0.05, 0) is 31.4 Å². The van der Waals surface area contributed by atoms with Gasteiger partial charge in [-0.2, -0.15) is 0 Å². The molecule has 1 aromatic rings. The van der Waals surface area contributed by atoms with Crippen molar-refractivity contribution in [3.8, 4) is 0 Å². The zero-order valence-electron chi connectivity index (χ0n) is 12.6. The first-order valence-electron chi connectivity index (χ1n) is 7.45. The van der Waals surface area contributed by atoms with Crippen molar-refractivity contribution in [2.45, 2.75) is 26.2 Å². The fraction of sp³-hybridized carbons (Fsp3) is 0.562. The first-order valence-corrected chi connectivity index (χ1v) is 7.45. The molecule has 0 unspecified atom stereocenters. The topological polar surface area (TPSA) is 53.5 Å². The molecule has 2 aliphatic rings. The first-order chi connectivity index (χ1) is 10.0. The number of nitrogens with zero attached hydrogens (tertiary/aromatic N) is 3. The van der Waals surface area contributed by atoms with Crippen molar-refractivity contribution in [3.63, 3.8) is 0 Å². The van der Waals surface area contributed by atoms with Crippen molar-refractivity contribution in [1.29, 1.82) is 0 Å². The van der Waals surface area contributed by atoms with Gasteiger partial charge in [0.05, 0.1) is 5.56 Å². The van der Waals surface area contributed by atoms with Crippen molar-refractivity contribution in [2.75, 3.05) is 26.7 Å². The fourth-order valence-electron chi connectivity index (χ4n) is 3.48. The maximum absolute atomic E-state index is 12.6. The molecule has 5 heteroatoms. The highest BCUT2D eigenvalue weighted by Gasteiger charge is 2.44. The number of hydrogen-bond acceptors (Lipinski definition) is 3. The molecule has 2 saturated heterocycles. The first kappa shape index (κ1) is 14.0. The molecule has 1 aromatic heterocycles. The Hall–Kier alpha value is -1.91. The lowest BCUT2D eigenvalue weighted by Crippen LogP contribution is -2.44. The molecule has 0 saturated carbocycles. The lowest BCUT2D eigenvalue weighted by Gasteiger charge is -2.38. The maximum atomic E-state index is 12.6. The van der Waals surface area contributed by atoms with Gasteiger partial charge in [-0.25, -0.2) is 0 Å². The molecule has 5 nitrogen and oxygen atoms in total. The molecule has 0 aromatic carbocycles. The zero-order valence-corrected chi connectivity index (χ0v) is 12.6. The highest BCUT2D eigenvalue weighted by Crippen LogP contribution is 2.40. The number of hydrogen-bond donors (Lipinski definition) is 0. The van der Waals surface area contributed by atoms with Crippen LogP contribution in [0.2, 0.25) is 0 Å². The van der Waals surface area contributed by atoms with E-state index in [0.29, 0.717) is 12.0 Å². The highest BCUT2D eigenvalue weighted by atomic mass is 16.2. The SMILES string of the molecule is Cc1ccncc1C(=O)N1CCC2(CC1)CC(=O)N(C)C2. The van der Waals surface area contributed by atoms with Crippen LogP contribution >= 0.6 is 0 Å². The van der Waals surface area contributed by atoms with Crippen molar-refractivity contribution < 1.29 is 9.59 Å². The average molecular weight is 287 g/mol. The summed E-state index contributed by atoms with van der Waals surface area (Å²) in [6.45, 7) is 4.23. The normalized spacial score (nSPS) is 21.1. The number of piperidine rings is 1. The lowest BCUT2D eigenvalue weighted by molar-refractivity contribution is -0.126. The van der Waals surface area contributed by atoms with Gasteiger partial charge in [-0.1, -0.05) is 0 Å². The quantitative estimate of drug-likeness (QED) is 0.786. The molecule has 2 amide bonds. The molecule has 3 heterocycles. The van der Waals surface area contributed by atoms with Gasteiger partial charge in [0.25, 0.3) is 5.91 Å². The molecule has 0 bridgehead atoms. The molecular formula is C16H21N3O2. The largest absolute Gasteiger partial charge is 0.345 e. The Morgan fingerprint density at radius 3 is 2.62 bits per heavy atom. The minimum atomic E-state index is 0.0631. The molecule has 0 atom stereocenters. The molecule has 0 N–H and O–H groups in total. The Morgan fingerprint density at radius 2 is 2.05 bits per heavy atom. The van der Waals surface area contributed by atoms with Gasteiger partial charge in [0, 0.05) is 50.9 Å². The molecule has 2 fully saturated rings. The summed E-state index contributed by atoms with van der Waals surface area (Å²) in [6.07, 6.45) is 5.81. The van der Waals surface area contributed by atoms with Gasteiger partial charge in [0.1, 0.15) is 0 Å². The Bertz CT molecular complexity index is 577. The molecule has 3 rings (SSSR count). The van der Waals surface area contributed by atoms with Crippen LogP contribution in [-0.4, -0.2) is 53.3 Å². The standard InChI is InChI=1S/C16H21N3O2/c1-12-3-6-17-10-13(12)15(21)19-7-4-16(5-8-19)9-14(20)18(2)11-16/h3,6,10H,4-5,7-9,11H2,1-2H3. The number of carbonyl (C=O) groups is 2. The number of aryl methyl sites for hydroxylation is 1. The second-order valence-electron chi connectivity index (χ2n) is 6.41. The van der Waals surface area contributed by atoms with Crippen LogP contribution in [0.5, 0.6) is 0 Å². The van der Waals surface area contributed by atoms with E-state index in [4.69, 9.17) is 0 Å². The fourth-order valence-corrected chi connectivity index (χ4v) is 3.48. The molecule has 1 spiro atoms. The predicted octanol–water partition coefficient (Wildman–Crippen LogP) is 1.47. The van der Waals surface area contributed by atoms with Crippen LogP contribution in [0.4, 0.5) is 0 Å². The lowest BCUT2D eigenvalue weighted by atomic mass is 9.77. The summed E-state index contributed by atoms with van der Waals surface area (Å²) >= 11 is 0. The summed E-state index contributed by atoms with van der Waals surface area (Å²) in [7, 11) is 1.87. The summed E-state index contributed by atoms with van der Waals surface area (Å²) in [5.41, 5.74) is 1.74. The van der Waals surface area contributed by atoms with Crippen LogP contribution in [-0.2, 0) is 4.79 Å². The van der Waals surface area contributed by atoms with Crippen LogP contribution in [0.25, 0.3) is 0 Å².